The third-order valence-electron chi connectivity index (χ3n) is 3.05. The maximum absolute atomic E-state index is 11.0. The first-order valence-electron chi connectivity index (χ1n) is 6.72. The van der Waals surface area contributed by atoms with Crippen molar-refractivity contribution in [3.8, 4) is 0 Å². The molecule has 108 valence electrons. The van der Waals surface area contributed by atoms with Crippen LogP contribution in [0.4, 0.5) is 5.82 Å². The summed E-state index contributed by atoms with van der Waals surface area (Å²) in [4.78, 5) is 22.2. The molecule has 2 rings (SSSR count). The van der Waals surface area contributed by atoms with E-state index in [9.17, 15) is 4.79 Å². The van der Waals surface area contributed by atoms with E-state index in [1.54, 1.807) is 18.3 Å². The normalized spacial score (nSPS) is 12.8. The van der Waals surface area contributed by atoms with Gasteiger partial charge in [-0.05, 0) is 19.4 Å². The van der Waals surface area contributed by atoms with Gasteiger partial charge in [-0.3, -0.25) is 4.79 Å². The van der Waals surface area contributed by atoms with Crippen molar-refractivity contribution in [2.24, 2.45) is 0 Å². The van der Waals surface area contributed by atoms with Crippen LogP contribution in [0.25, 0.3) is 10.2 Å². The number of thiophene rings is 1. The average Bonchev–Trinajstić information content (AvgIpc) is 2.81. The summed E-state index contributed by atoms with van der Waals surface area (Å²) in [6.07, 6.45) is 0.936. The van der Waals surface area contributed by atoms with Crippen molar-refractivity contribution in [2.45, 2.75) is 46.1 Å². The second-order valence-corrected chi connectivity index (χ2v) is 6.19. The molecule has 0 aliphatic carbocycles. The van der Waals surface area contributed by atoms with E-state index >= 15 is 0 Å². The van der Waals surface area contributed by atoms with Crippen molar-refractivity contribution in [2.75, 3.05) is 5.32 Å². The maximum Gasteiger partial charge on any atom is 0.325 e. The Hall–Kier alpha value is -1.69. The summed E-state index contributed by atoms with van der Waals surface area (Å²) in [7, 11) is 0. The fraction of sp³-hybridized carbons (Fsp3) is 0.500. The lowest BCUT2D eigenvalue weighted by Gasteiger charge is -2.13. The molecule has 2 aromatic rings. The molecule has 0 fully saturated rings. The molecular weight excluding hydrogens is 274 g/mol. The minimum atomic E-state index is -0.895. The number of hydrogen-bond donors (Lipinski definition) is 2. The van der Waals surface area contributed by atoms with Gasteiger partial charge in [-0.15, -0.1) is 11.3 Å². The Morgan fingerprint density at radius 1 is 1.40 bits per heavy atom. The van der Waals surface area contributed by atoms with Crippen LogP contribution in [-0.4, -0.2) is 27.1 Å². The van der Waals surface area contributed by atoms with Crippen LogP contribution in [0.3, 0.4) is 0 Å². The van der Waals surface area contributed by atoms with Crippen LogP contribution in [-0.2, 0) is 11.2 Å². The van der Waals surface area contributed by atoms with Crippen molar-refractivity contribution in [3.63, 3.8) is 0 Å². The highest BCUT2D eigenvalue weighted by Gasteiger charge is 2.17. The molecule has 0 saturated heterocycles. The molecule has 0 bridgehead atoms. The summed E-state index contributed by atoms with van der Waals surface area (Å²) in [5, 5.41) is 12.9. The molecule has 0 radical (unpaired) electrons. The first-order valence-corrected chi connectivity index (χ1v) is 7.53. The Bertz CT molecular complexity index is 637. The number of rotatable bonds is 5. The van der Waals surface area contributed by atoms with Crippen molar-refractivity contribution in [3.05, 3.63) is 16.8 Å². The van der Waals surface area contributed by atoms with Gasteiger partial charge in [0, 0.05) is 10.8 Å². The molecule has 5 nitrogen and oxygen atoms in total. The van der Waals surface area contributed by atoms with E-state index in [0.29, 0.717) is 5.82 Å². The number of fused-ring (bicyclic) bond motifs is 1. The van der Waals surface area contributed by atoms with Gasteiger partial charge in [-0.2, -0.15) is 0 Å². The molecule has 0 amide bonds. The Morgan fingerprint density at radius 2 is 2.10 bits per heavy atom. The van der Waals surface area contributed by atoms with Gasteiger partial charge in [-0.1, -0.05) is 20.8 Å². The van der Waals surface area contributed by atoms with Crippen LogP contribution in [0.1, 0.15) is 44.3 Å². The largest absolute Gasteiger partial charge is 0.480 e. The zero-order chi connectivity index (χ0) is 14.9. The summed E-state index contributed by atoms with van der Waals surface area (Å²) in [5.74, 6) is 0.660. The first-order chi connectivity index (χ1) is 9.42. The molecule has 1 atom stereocenters. The highest BCUT2D eigenvalue weighted by molar-refractivity contribution is 7.18. The fourth-order valence-corrected chi connectivity index (χ4v) is 2.77. The van der Waals surface area contributed by atoms with Gasteiger partial charge in [0.05, 0.1) is 5.39 Å². The van der Waals surface area contributed by atoms with E-state index in [1.807, 2.05) is 19.9 Å². The van der Waals surface area contributed by atoms with Gasteiger partial charge in [-0.25, -0.2) is 9.97 Å². The van der Waals surface area contributed by atoms with Gasteiger partial charge < -0.3 is 10.4 Å². The van der Waals surface area contributed by atoms with E-state index in [-0.39, 0.29) is 5.92 Å². The molecule has 2 heterocycles. The lowest BCUT2D eigenvalue weighted by molar-refractivity contribution is -0.137. The summed E-state index contributed by atoms with van der Waals surface area (Å²) in [6, 6.07) is 1.36. The van der Waals surface area contributed by atoms with Crippen LogP contribution in [0.5, 0.6) is 0 Å². The number of carboxylic acids is 1. The fourth-order valence-electron chi connectivity index (χ4n) is 1.80. The van der Waals surface area contributed by atoms with Crippen molar-refractivity contribution in [1.29, 1.82) is 0 Å². The Balaban J connectivity index is 2.53. The zero-order valence-electron chi connectivity index (χ0n) is 12.1. The smallest absolute Gasteiger partial charge is 0.325 e. The number of carboxylic acid groups (broad SMARTS) is 1. The zero-order valence-corrected chi connectivity index (χ0v) is 12.9. The lowest BCUT2D eigenvalue weighted by Crippen LogP contribution is -2.26. The van der Waals surface area contributed by atoms with Crippen molar-refractivity contribution < 1.29 is 9.90 Å². The van der Waals surface area contributed by atoms with Crippen molar-refractivity contribution >= 4 is 33.3 Å². The summed E-state index contributed by atoms with van der Waals surface area (Å²) in [6.45, 7) is 7.76. The molecule has 0 saturated carbocycles. The van der Waals surface area contributed by atoms with Gasteiger partial charge in [0.15, 0.2) is 0 Å². The quantitative estimate of drug-likeness (QED) is 0.885. The Labute approximate surface area is 122 Å². The second-order valence-electron chi connectivity index (χ2n) is 5.07. The number of carbonyl (C=O) groups is 1. The minimum absolute atomic E-state index is 0.201. The monoisotopic (exact) mass is 293 g/mol. The third-order valence-corrected chi connectivity index (χ3v) is 4.22. The van der Waals surface area contributed by atoms with Crippen LogP contribution in [0.15, 0.2) is 6.07 Å². The molecule has 6 heteroatoms. The van der Waals surface area contributed by atoms with Gasteiger partial charge in [0.2, 0.25) is 0 Å². The molecule has 0 unspecified atom stereocenters. The predicted octanol–water partition coefficient (Wildman–Crippen LogP) is 3.26. The number of aryl methyl sites for hydroxylation is 1. The highest BCUT2D eigenvalue weighted by Crippen LogP contribution is 2.31. The Kier molecular flexibility index (Phi) is 4.23. The minimum Gasteiger partial charge on any atom is -0.480 e. The molecule has 20 heavy (non-hydrogen) atoms. The van der Waals surface area contributed by atoms with Gasteiger partial charge in [0.25, 0.3) is 0 Å². The van der Waals surface area contributed by atoms with Crippen molar-refractivity contribution in [1.82, 2.24) is 9.97 Å². The molecular formula is C14H19N3O2S. The standard InChI is InChI=1S/C14H19N3O2S/c1-5-9-6-10-12(15-8(4)14(18)19)16-11(7(2)3)17-13(10)20-9/h6-8H,5H2,1-4H3,(H,18,19)(H,15,16,17)/t8-/m1/s1. The number of nitrogens with one attached hydrogen (secondary N) is 1. The SMILES string of the molecule is CCc1cc2c(N[C@H](C)C(=O)O)nc(C(C)C)nc2s1. The average molecular weight is 293 g/mol. The second kappa shape index (κ2) is 5.75. The molecule has 0 aliphatic rings. The van der Waals surface area contributed by atoms with Crippen LogP contribution in [0, 0.1) is 0 Å². The van der Waals surface area contributed by atoms with Crippen LogP contribution in [0.2, 0.25) is 0 Å². The topological polar surface area (TPSA) is 75.1 Å². The molecule has 2 N–H and O–H groups in total. The molecule has 0 aliphatic heterocycles. The van der Waals surface area contributed by atoms with E-state index < -0.39 is 12.0 Å². The summed E-state index contributed by atoms with van der Waals surface area (Å²) in [5.41, 5.74) is 0. The molecule has 0 aromatic carbocycles. The number of aromatic nitrogens is 2. The lowest BCUT2D eigenvalue weighted by atomic mass is 10.2. The molecule has 0 spiro atoms. The van der Waals surface area contributed by atoms with E-state index in [2.05, 4.69) is 22.2 Å². The number of anilines is 1. The first kappa shape index (κ1) is 14.7. The van der Waals surface area contributed by atoms with Crippen LogP contribution < -0.4 is 5.32 Å². The number of hydrogen-bond acceptors (Lipinski definition) is 5. The summed E-state index contributed by atoms with van der Waals surface area (Å²) >= 11 is 1.64. The third kappa shape index (κ3) is 2.90. The summed E-state index contributed by atoms with van der Waals surface area (Å²) < 4.78 is 0. The van der Waals surface area contributed by atoms with E-state index in [0.717, 1.165) is 22.5 Å². The van der Waals surface area contributed by atoms with E-state index in [1.165, 1.54) is 4.88 Å². The maximum atomic E-state index is 11.0. The number of nitrogens with zero attached hydrogens (tertiary/aromatic N) is 2. The molecule has 2 aromatic heterocycles. The number of aliphatic carboxylic acids is 1. The predicted molar refractivity (Wildman–Crippen MR) is 81.6 cm³/mol. The Morgan fingerprint density at radius 3 is 2.65 bits per heavy atom. The highest BCUT2D eigenvalue weighted by atomic mass is 32.1. The van der Waals surface area contributed by atoms with Crippen LogP contribution >= 0.6 is 11.3 Å². The van der Waals surface area contributed by atoms with E-state index in [4.69, 9.17) is 5.11 Å². The van der Waals surface area contributed by atoms with Gasteiger partial charge >= 0.3 is 5.97 Å². The van der Waals surface area contributed by atoms with Gasteiger partial charge in [0.1, 0.15) is 22.5 Å².